The second kappa shape index (κ2) is 18.9. The van der Waals surface area contributed by atoms with Crippen LogP contribution >= 0.6 is 21.6 Å². The summed E-state index contributed by atoms with van der Waals surface area (Å²) in [5.41, 5.74) is 2.66. The Morgan fingerprint density at radius 1 is 0.636 bits per heavy atom. The van der Waals surface area contributed by atoms with Crippen molar-refractivity contribution in [2.24, 2.45) is 0 Å². The molecule has 0 fully saturated rings. The molecule has 0 saturated heterocycles. The lowest BCUT2D eigenvalue weighted by Crippen LogP contribution is -2.43. The normalized spacial score (nSPS) is 12.2. The molecule has 4 N–H and O–H groups in total. The fraction of sp³-hybridized carbons (Fsp3) is 0.267. The number of benzene rings is 2. The van der Waals surface area contributed by atoms with Crippen LogP contribution in [0.1, 0.15) is 25.0 Å². The summed E-state index contributed by atoms with van der Waals surface area (Å²) in [6.07, 6.45) is 5.66. The minimum Gasteiger partial charge on any atom is -0.467 e. The highest BCUT2D eigenvalue weighted by Gasteiger charge is 2.24. The van der Waals surface area contributed by atoms with E-state index in [0.717, 1.165) is 0 Å². The van der Waals surface area contributed by atoms with Gasteiger partial charge in [0.1, 0.15) is 12.1 Å². The van der Waals surface area contributed by atoms with Crippen LogP contribution < -0.4 is 21.3 Å². The highest BCUT2D eigenvalue weighted by molar-refractivity contribution is 8.76. The summed E-state index contributed by atoms with van der Waals surface area (Å²) in [6.45, 7) is 2.81. The molecule has 0 spiro atoms. The largest absolute Gasteiger partial charge is 0.467 e. The predicted octanol–water partition coefficient (Wildman–Crippen LogP) is 3.03. The molecule has 44 heavy (non-hydrogen) atoms. The van der Waals surface area contributed by atoms with Crippen molar-refractivity contribution < 1.29 is 38.2 Å². The maximum absolute atomic E-state index is 12.5. The molecule has 2 atom stereocenters. The van der Waals surface area contributed by atoms with Crippen molar-refractivity contribution in [1.82, 2.24) is 10.6 Å². The van der Waals surface area contributed by atoms with Crippen LogP contribution in [0.2, 0.25) is 0 Å². The van der Waals surface area contributed by atoms with Gasteiger partial charge in [-0.1, -0.05) is 45.9 Å². The Morgan fingerprint density at radius 3 is 1.27 bits per heavy atom. The summed E-state index contributed by atoms with van der Waals surface area (Å²) in [7, 11) is 4.82. The smallest absolute Gasteiger partial charge is 0.329 e. The Hall–Kier alpha value is -4.56. The van der Waals surface area contributed by atoms with Gasteiger partial charge in [-0.15, -0.1) is 0 Å². The number of ether oxygens (including phenoxy) is 2. The number of carbonyl (C=O) groups is 6. The van der Waals surface area contributed by atoms with Gasteiger partial charge < -0.3 is 30.7 Å². The van der Waals surface area contributed by atoms with Gasteiger partial charge in [-0.05, 0) is 47.5 Å². The van der Waals surface area contributed by atoms with E-state index < -0.39 is 35.8 Å². The van der Waals surface area contributed by atoms with Gasteiger partial charge in [-0.2, -0.15) is 0 Å². The van der Waals surface area contributed by atoms with E-state index in [1.54, 1.807) is 60.7 Å². The Kier molecular flexibility index (Phi) is 15.3. The summed E-state index contributed by atoms with van der Waals surface area (Å²) in [5, 5.41) is 10.5. The Balaban J connectivity index is 1.88. The fourth-order valence-electron chi connectivity index (χ4n) is 3.40. The van der Waals surface area contributed by atoms with Crippen LogP contribution in [0, 0.1) is 0 Å². The van der Waals surface area contributed by atoms with Gasteiger partial charge in [-0.25, -0.2) is 9.59 Å². The maximum atomic E-state index is 12.5. The van der Waals surface area contributed by atoms with Crippen molar-refractivity contribution in [1.29, 1.82) is 0 Å². The first kappa shape index (κ1) is 35.6. The summed E-state index contributed by atoms with van der Waals surface area (Å²) >= 11 is 0. The molecule has 0 aromatic heterocycles. The lowest BCUT2D eigenvalue weighted by Gasteiger charge is -2.17. The highest BCUT2D eigenvalue weighted by atomic mass is 33.1. The van der Waals surface area contributed by atoms with Crippen LogP contribution in [0.3, 0.4) is 0 Å². The van der Waals surface area contributed by atoms with Crippen LogP contribution in [0.4, 0.5) is 11.4 Å². The van der Waals surface area contributed by atoms with E-state index in [4.69, 9.17) is 9.47 Å². The Labute approximate surface area is 263 Å². The van der Waals surface area contributed by atoms with Gasteiger partial charge in [0, 0.05) is 48.9 Å². The predicted molar refractivity (Wildman–Crippen MR) is 172 cm³/mol. The standard InChI is InChI=1S/C30H34N4O8S2/c1-19(35)31-23-11-5-21(6-12-23)9-15-27(37)33-25(29(39)41-3)17-43-44-18-26(30(40)42-4)34-28(38)16-10-22-7-13-24(14-8-22)32-20(2)36/h5-16,25-26H,17-18H2,1-4H3,(H,31,35)(H,32,36)(H,33,37)(H,34,38)/b15-9+,16-10+/t25-,26-/m0/s1. The number of esters is 2. The lowest BCUT2D eigenvalue weighted by molar-refractivity contribution is -0.144. The number of rotatable bonds is 15. The first-order valence-electron chi connectivity index (χ1n) is 13.1. The van der Waals surface area contributed by atoms with E-state index in [1.807, 2.05) is 0 Å². The van der Waals surface area contributed by atoms with Crippen molar-refractivity contribution in [3.63, 3.8) is 0 Å². The molecule has 12 nitrogen and oxygen atoms in total. The molecule has 234 valence electrons. The van der Waals surface area contributed by atoms with E-state index in [0.29, 0.717) is 22.5 Å². The molecular formula is C30H34N4O8S2. The molecule has 2 rings (SSSR count). The third-order valence-electron chi connectivity index (χ3n) is 5.47. The molecule has 0 radical (unpaired) electrons. The number of carbonyl (C=O) groups excluding carboxylic acids is 6. The number of amides is 4. The van der Waals surface area contributed by atoms with E-state index in [-0.39, 0.29) is 23.3 Å². The average molecular weight is 643 g/mol. The number of methoxy groups -OCH3 is 2. The third kappa shape index (κ3) is 13.6. The summed E-state index contributed by atoms with van der Waals surface area (Å²) in [4.78, 5) is 71.7. The Bertz CT molecular complexity index is 1270. The molecule has 0 aliphatic rings. The topological polar surface area (TPSA) is 169 Å². The third-order valence-corrected chi connectivity index (χ3v) is 7.90. The van der Waals surface area contributed by atoms with E-state index in [2.05, 4.69) is 21.3 Å². The second-order valence-electron chi connectivity index (χ2n) is 9.01. The summed E-state index contributed by atoms with van der Waals surface area (Å²) < 4.78 is 9.60. The molecule has 0 unspecified atom stereocenters. The van der Waals surface area contributed by atoms with Crippen molar-refractivity contribution in [2.45, 2.75) is 25.9 Å². The molecule has 0 bridgehead atoms. The zero-order valence-corrected chi connectivity index (χ0v) is 26.2. The molecule has 0 heterocycles. The Morgan fingerprint density at radius 2 is 0.977 bits per heavy atom. The van der Waals surface area contributed by atoms with Gasteiger partial charge in [0.05, 0.1) is 14.2 Å². The molecular weight excluding hydrogens is 608 g/mol. The van der Waals surface area contributed by atoms with E-state index in [1.165, 1.54) is 61.8 Å². The first-order chi connectivity index (χ1) is 21.0. The lowest BCUT2D eigenvalue weighted by atomic mass is 10.2. The zero-order chi connectivity index (χ0) is 32.5. The molecule has 0 aliphatic carbocycles. The zero-order valence-electron chi connectivity index (χ0n) is 24.6. The van der Waals surface area contributed by atoms with Crippen LogP contribution in [0.15, 0.2) is 60.7 Å². The van der Waals surface area contributed by atoms with Gasteiger partial charge in [-0.3, -0.25) is 19.2 Å². The van der Waals surface area contributed by atoms with E-state index >= 15 is 0 Å². The van der Waals surface area contributed by atoms with Crippen molar-refractivity contribution in [2.75, 3.05) is 36.4 Å². The van der Waals surface area contributed by atoms with Gasteiger partial charge in [0.25, 0.3) is 0 Å². The molecule has 2 aromatic carbocycles. The average Bonchev–Trinajstić information content (AvgIpc) is 2.99. The minimum atomic E-state index is -0.970. The van der Waals surface area contributed by atoms with Crippen LogP contribution in [-0.2, 0) is 38.2 Å². The van der Waals surface area contributed by atoms with Crippen molar-refractivity contribution >= 4 is 80.7 Å². The maximum Gasteiger partial charge on any atom is 0.329 e. The molecule has 14 heteroatoms. The molecule has 4 amide bonds. The van der Waals surface area contributed by atoms with E-state index in [9.17, 15) is 28.8 Å². The molecule has 2 aromatic rings. The number of hydrogen-bond acceptors (Lipinski definition) is 10. The van der Waals surface area contributed by atoms with Crippen LogP contribution in [0.5, 0.6) is 0 Å². The van der Waals surface area contributed by atoms with Crippen molar-refractivity contribution in [3.05, 3.63) is 71.8 Å². The number of anilines is 2. The van der Waals surface area contributed by atoms with Crippen LogP contribution in [-0.4, -0.2) is 73.4 Å². The summed E-state index contributed by atoms with van der Waals surface area (Å²) in [5.74, 6) is -2.47. The van der Waals surface area contributed by atoms with Gasteiger partial charge in [0.2, 0.25) is 23.6 Å². The van der Waals surface area contributed by atoms with Crippen molar-refractivity contribution in [3.8, 4) is 0 Å². The number of hydrogen-bond donors (Lipinski definition) is 4. The second-order valence-corrected chi connectivity index (χ2v) is 11.6. The molecule has 0 saturated carbocycles. The minimum absolute atomic E-state index is 0.124. The first-order valence-corrected chi connectivity index (χ1v) is 15.6. The highest BCUT2D eigenvalue weighted by Crippen LogP contribution is 2.24. The molecule has 0 aliphatic heterocycles. The van der Waals surface area contributed by atoms with Gasteiger partial charge >= 0.3 is 11.9 Å². The quantitative estimate of drug-likeness (QED) is 0.0981. The number of nitrogens with one attached hydrogen (secondary N) is 4. The van der Waals surface area contributed by atoms with Gasteiger partial charge in [0.15, 0.2) is 0 Å². The summed E-state index contributed by atoms with van der Waals surface area (Å²) in [6, 6.07) is 11.7. The van der Waals surface area contributed by atoms with Crippen LogP contribution in [0.25, 0.3) is 12.2 Å². The SMILES string of the molecule is COC(=O)[C@H](CSSC[C@H](NC(=O)/C=C/c1ccc(NC(C)=O)cc1)C(=O)OC)NC(=O)/C=C/c1ccc(NC(C)=O)cc1. The fourth-order valence-corrected chi connectivity index (χ4v) is 5.70. The monoisotopic (exact) mass is 642 g/mol.